The van der Waals surface area contributed by atoms with Gasteiger partial charge >= 0.3 is 0 Å². The Hall–Kier alpha value is -2.01. The highest BCUT2D eigenvalue weighted by atomic mass is 16.5. The molecule has 0 aliphatic heterocycles. The maximum absolute atomic E-state index is 9.29. The Bertz CT molecular complexity index is 493. The lowest BCUT2D eigenvalue weighted by molar-refractivity contribution is -0.128. The largest absolute Gasteiger partial charge is 0.508 e. The Morgan fingerprint density at radius 3 is 2.72 bits per heavy atom. The highest BCUT2D eigenvalue weighted by Crippen LogP contribution is 2.20. The number of phenolic OH excluding ortho intramolecular Hbond substituents is 1. The van der Waals surface area contributed by atoms with Crippen molar-refractivity contribution >= 4 is 17.4 Å². The summed E-state index contributed by atoms with van der Waals surface area (Å²) < 4.78 is 11.1. The number of phenols is 1. The van der Waals surface area contributed by atoms with Crippen LogP contribution in [0.25, 0.3) is 10.9 Å². The zero-order valence-electron chi connectivity index (χ0n) is 10.5. The first-order valence-electron chi connectivity index (χ1n) is 5.55. The second-order valence-corrected chi connectivity index (χ2v) is 3.50. The van der Waals surface area contributed by atoms with E-state index < -0.39 is 0 Å². The van der Waals surface area contributed by atoms with Crippen LogP contribution in [0, 0.1) is 0 Å². The van der Waals surface area contributed by atoms with Gasteiger partial charge in [-0.25, -0.2) is 0 Å². The molecule has 5 nitrogen and oxygen atoms in total. The minimum atomic E-state index is 0.281. The first-order chi connectivity index (χ1) is 8.72. The van der Waals surface area contributed by atoms with Gasteiger partial charge < -0.3 is 19.1 Å². The van der Waals surface area contributed by atoms with Crippen LogP contribution in [-0.2, 0) is 21.0 Å². The Balaban J connectivity index is 0.000000280. The van der Waals surface area contributed by atoms with Gasteiger partial charge in [0, 0.05) is 19.4 Å². The molecule has 2 aromatic rings. The van der Waals surface area contributed by atoms with Crippen molar-refractivity contribution in [2.75, 3.05) is 13.7 Å². The SMILES string of the molecule is CCOC=O.COCn1ccc2ccc(O)cc21. The number of rotatable bonds is 4. The number of benzene rings is 1. The zero-order chi connectivity index (χ0) is 13.4. The van der Waals surface area contributed by atoms with Gasteiger partial charge in [0.2, 0.25) is 0 Å². The van der Waals surface area contributed by atoms with Crippen LogP contribution >= 0.6 is 0 Å². The van der Waals surface area contributed by atoms with E-state index in [4.69, 9.17) is 4.74 Å². The van der Waals surface area contributed by atoms with Crippen molar-refractivity contribution in [3.8, 4) is 5.75 Å². The highest BCUT2D eigenvalue weighted by Gasteiger charge is 2.00. The number of carbonyl (C=O) groups is 1. The molecule has 1 N–H and O–H groups in total. The van der Waals surface area contributed by atoms with Crippen LogP contribution in [0.15, 0.2) is 30.5 Å². The number of methoxy groups -OCH3 is 1. The fraction of sp³-hybridized carbons (Fsp3) is 0.308. The minimum Gasteiger partial charge on any atom is -0.508 e. The summed E-state index contributed by atoms with van der Waals surface area (Å²) in [5.41, 5.74) is 0.988. The summed E-state index contributed by atoms with van der Waals surface area (Å²) in [6, 6.07) is 7.29. The monoisotopic (exact) mass is 251 g/mol. The summed E-state index contributed by atoms with van der Waals surface area (Å²) >= 11 is 0. The average molecular weight is 251 g/mol. The molecule has 0 saturated carbocycles. The van der Waals surface area contributed by atoms with Gasteiger partial charge in [-0.2, -0.15) is 0 Å². The number of nitrogens with zero attached hydrogens (tertiary/aromatic N) is 1. The average Bonchev–Trinajstić information content (AvgIpc) is 2.74. The number of hydrogen-bond donors (Lipinski definition) is 1. The van der Waals surface area contributed by atoms with Crippen LogP contribution in [0.3, 0.4) is 0 Å². The zero-order valence-corrected chi connectivity index (χ0v) is 10.5. The van der Waals surface area contributed by atoms with Crippen molar-refractivity contribution < 1.29 is 19.4 Å². The second-order valence-electron chi connectivity index (χ2n) is 3.50. The summed E-state index contributed by atoms with van der Waals surface area (Å²) in [5, 5.41) is 10.4. The summed E-state index contributed by atoms with van der Waals surface area (Å²) in [6.07, 6.45) is 1.94. The van der Waals surface area contributed by atoms with Gasteiger partial charge in [-0.1, -0.05) is 0 Å². The highest BCUT2D eigenvalue weighted by molar-refractivity contribution is 5.81. The molecule has 0 bridgehead atoms. The molecule has 1 aromatic heterocycles. The van der Waals surface area contributed by atoms with Crippen molar-refractivity contribution in [2.45, 2.75) is 13.7 Å². The molecule has 98 valence electrons. The number of aromatic hydroxyl groups is 1. The Morgan fingerprint density at radius 2 is 2.17 bits per heavy atom. The molecule has 18 heavy (non-hydrogen) atoms. The van der Waals surface area contributed by atoms with Crippen LogP contribution in [0.1, 0.15) is 6.92 Å². The molecule has 2 rings (SSSR count). The molecular weight excluding hydrogens is 234 g/mol. The van der Waals surface area contributed by atoms with Crippen LogP contribution in [0.4, 0.5) is 0 Å². The Kier molecular flexibility index (Phi) is 5.73. The first kappa shape index (κ1) is 14.1. The lowest BCUT2D eigenvalue weighted by atomic mass is 10.2. The van der Waals surface area contributed by atoms with E-state index >= 15 is 0 Å². The van der Waals surface area contributed by atoms with Crippen molar-refractivity contribution in [3.63, 3.8) is 0 Å². The van der Waals surface area contributed by atoms with Crippen LogP contribution < -0.4 is 0 Å². The summed E-state index contributed by atoms with van der Waals surface area (Å²) in [5.74, 6) is 0.281. The fourth-order valence-electron chi connectivity index (χ4n) is 1.49. The van der Waals surface area contributed by atoms with Crippen LogP contribution in [0.2, 0.25) is 0 Å². The van der Waals surface area contributed by atoms with Gasteiger partial charge in [-0.3, -0.25) is 4.79 Å². The summed E-state index contributed by atoms with van der Waals surface area (Å²) in [4.78, 5) is 9.18. The van der Waals surface area contributed by atoms with E-state index in [1.54, 1.807) is 26.2 Å². The molecule has 0 unspecified atom stereocenters. The maximum Gasteiger partial charge on any atom is 0.293 e. The standard InChI is InChI=1S/C10H11NO2.C3H6O2/c1-13-7-11-5-4-8-2-3-9(12)6-10(8)11;1-2-5-3-4/h2-6,12H,7H2,1H3;3H,2H2,1H3. The molecule has 0 amide bonds. The molecule has 0 atom stereocenters. The van der Waals surface area contributed by atoms with Crippen LogP contribution in [-0.4, -0.2) is 29.9 Å². The van der Waals surface area contributed by atoms with Gasteiger partial charge in [-0.15, -0.1) is 0 Å². The molecule has 0 saturated heterocycles. The molecule has 0 radical (unpaired) electrons. The van der Waals surface area contributed by atoms with E-state index in [1.165, 1.54) is 0 Å². The predicted molar refractivity (Wildman–Crippen MR) is 68.3 cm³/mol. The number of fused-ring (bicyclic) bond motifs is 1. The molecule has 0 spiro atoms. The van der Waals surface area contributed by atoms with Crippen LogP contribution in [0.5, 0.6) is 5.75 Å². The predicted octanol–water partition coefficient (Wildman–Crippen LogP) is 2.13. The number of ether oxygens (including phenoxy) is 2. The third-order valence-electron chi connectivity index (χ3n) is 2.26. The maximum atomic E-state index is 9.29. The van der Waals surface area contributed by atoms with E-state index in [0.29, 0.717) is 19.8 Å². The Labute approximate surface area is 106 Å². The molecule has 1 heterocycles. The molecule has 0 aliphatic rings. The van der Waals surface area contributed by atoms with E-state index in [-0.39, 0.29) is 5.75 Å². The first-order valence-corrected chi connectivity index (χ1v) is 5.55. The summed E-state index contributed by atoms with van der Waals surface area (Å²) in [7, 11) is 1.65. The van der Waals surface area contributed by atoms with Crippen molar-refractivity contribution in [1.29, 1.82) is 0 Å². The van der Waals surface area contributed by atoms with Crippen molar-refractivity contribution in [1.82, 2.24) is 4.57 Å². The molecule has 0 fully saturated rings. The van der Waals surface area contributed by atoms with Gasteiger partial charge in [-0.05, 0) is 30.5 Å². The number of hydrogen-bond acceptors (Lipinski definition) is 4. The van der Waals surface area contributed by atoms with Gasteiger partial charge in [0.25, 0.3) is 6.47 Å². The van der Waals surface area contributed by atoms with E-state index in [0.717, 1.165) is 10.9 Å². The van der Waals surface area contributed by atoms with Crippen molar-refractivity contribution in [3.05, 3.63) is 30.5 Å². The van der Waals surface area contributed by atoms with E-state index in [9.17, 15) is 9.90 Å². The fourth-order valence-corrected chi connectivity index (χ4v) is 1.49. The normalized spacial score (nSPS) is 9.67. The summed E-state index contributed by atoms with van der Waals surface area (Å²) in [6.45, 7) is 3.17. The Morgan fingerprint density at radius 1 is 1.39 bits per heavy atom. The van der Waals surface area contributed by atoms with Gasteiger partial charge in [0.15, 0.2) is 0 Å². The topological polar surface area (TPSA) is 60.7 Å². The lowest BCUT2D eigenvalue weighted by Gasteiger charge is -2.02. The smallest absolute Gasteiger partial charge is 0.293 e. The van der Waals surface area contributed by atoms with E-state index in [2.05, 4.69) is 4.74 Å². The van der Waals surface area contributed by atoms with Crippen molar-refractivity contribution in [2.24, 2.45) is 0 Å². The molecule has 1 aromatic carbocycles. The van der Waals surface area contributed by atoms with Gasteiger partial charge in [0.1, 0.15) is 12.5 Å². The third-order valence-corrected chi connectivity index (χ3v) is 2.26. The van der Waals surface area contributed by atoms with E-state index in [1.807, 2.05) is 22.9 Å². The molecule has 5 heteroatoms. The quantitative estimate of drug-likeness (QED) is 0.846. The third kappa shape index (κ3) is 3.78. The molecular formula is C13H17NO4. The minimum absolute atomic E-state index is 0.281. The number of aromatic nitrogens is 1. The second kappa shape index (κ2) is 7.34. The van der Waals surface area contributed by atoms with Gasteiger partial charge in [0.05, 0.1) is 12.1 Å². The molecule has 0 aliphatic carbocycles. The number of carbonyl (C=O) groups excluding carboxylic acids is 1. The lowest BCUT2D eigenvalue weighted by Crippen LogP contribution is -1.96.